The molecule has 1 aliphatic heterocycles. The van der Waals surface area contributed by atoms with Crippen molar-refractivity contribution < 1.29 is 9.53 Å². The zero-order valence-corrected chi connectivity index (χ0v) is 8.92. The Kier molecular flexibility index (Phi) is 2.77. The SMILES string of the molecule is CCC(=O)N1CCOCC12CCCC2. The largest absolute Gasteiger partial charge is 0.377 e. The Bertz CT molecular complexity index is 221. The van der Waals surface area contributed by atoms with Crippen molar-refractivity contribution in [3.8, 4) is 0 Å². The van der Waals surface area contributed by atoms with Crippen LogP contribution in [0.15, 0.2) is 0 Å². The van der Waals surface area contributed by atoms with Crippen LogP contribution < -0.4 is 0 Å². The van der Waals surface area contributed by atoms with E-state index in [4.69, 9.17) is 4.74 Å². The van der Waals surface area contributed by atoms with E-state index in [1.54, 1.807) is 0 Å². The number of ether oxygens (including phenoxy) is 1. The van der Waals surface area contributed by atoms with E-state index in [2.05, 4.69) is 4.90 Å². The highest BCUT2D eigenvalue weighted by Gasteiger charge is 2.43. The van der Waals surface area contributed by atoms with Gasteiger partial charge in [0, 0.05) is 13.0 Å². The molecular formula is C11H19NO2. The Balaban J connectivity index is 2.14. The fourth-order valence-electron chi connectivity index (χ4n) is 2.76. The molecular weight excluding hydrogens is 178 g/mol. The van der Waals surface area contributed by atoms with Crippen LogP contribution in [0, 0.1) is 0 Å². The minimum atomic E-state index is 0.0747. The number of hydrogen-bond acceptors (Lipinski definition) is 2. The number of rotatable bonds is 1. The Morgan fingerprint density at radius 1 is 1.43 bits per heavy atom. The van der Waals surface area contributed by atoms with Crippen LogP contribution in [0.1, 0.15) is 39.0 Å². The van der Waals surface area contributed by atoms with E-state index in [0.29, 0.717) is 18.9 Å². The number of carbonyl (C=O) groups excluding carboxylic acids is 1. The summed E-state index contributed by atoms with van der Waals surface area (Å²) in [5.74, 6) is 0.301. The first-order valence-electron chi connectivity index (χ1n) is 5.67. The highest BCUT2D eigenvalue weighted by atomic mass is 16.5. The van der Waals surface area contributed by atoms with Gasteiger partial charge < -0.3 is 9.64 Å². The molecule has 2 rings (SSSR count). The van der Waals surface area contributed by atoms with Gasteiger partial charge in [-0.3, -0.25) is 4.79 Å². The molecule has 1 saturated heterocycles. The van der Waals surface area contributed by atoms with Crippen LogP contribution in [0.4, 0.5) is 0 Å². The lowest BCUT2D eigenvalue weighted by Crippen LogP contribution is -2.57. The van der Waals surface area contributed by atoms with Gasteiger partial charge in [-0.05, 0) is 12.8 Å². The first kappa shape index (κ1) is 9.97. The maximum atomic E-state index is 11.8. The summed E-state index contributed by atoms with van der Waals surface area (Å²) >= 11 is 0. The molecule has 14 heavy (non-hydrogen) atoms. The molecule has 3 nitrogen and oxygen atoms in total. The van der Waals surface area contributed by atoms with Crippen LogP contribution in [0.5, 0.6) is 0 Å². The molecule has 1 amide bonds. The third-order valence-electron chi connectivity index (χ3n) is 3.54. The summed E-state index contributed by atoms with van der Waals surface area (Å²) in [4.78, 5) is 13.9. The molecule has 1 heterocycles. The lowest BCUT2D eigenvalue weighted by molar-refractivity contribution is -0.148. The second-order valence-electron chi connectivity index (χ2n) is 4.38. The van der Waals surface area contributed by atoms with E-state index in [0.717, 1.165) is 26.0 Å². The molecule has 0 aromatic rings. The van der Waals surface area contributed by atoms with Crippen molar-refractivity contribution in [3.63, 3.8) is 0 Å². The summed E-state index contributed by atoms with van der Waals surface area (Å²) in [6, 6.07) is 0. The quantitative estimate of drug-likeness (QED) is 0.638. The van der Waals surface area contributed by atoms with Crippen LogP contribution in [0.2, 0.25) is 0 Å². The van der Waals surface area contributed by atoms with Gasteiger partial charge in [-0.2, -0.15) is 0 Å². The van der Waals surface area contributed by atoms with Crippen LogP contribution in [0.25, 0.3) is 0 Å². The molecule has 3 heteroatoms. The van der Waals surface area contributed by atoms with Crippen molar-refractivity contribution in [1.82, 2.24) is 4.90 Å². The normalized spacial score (nSPS) is 25.6. The molecule has 1 spiro atoms. The summed E-state index contributed by atoms with van der Waals surface area (Å²) < 4.78 is 5.54. The fourth-order valence-corrected chi connectivity index (χ4v) is 2.76. The molecule has 0 aromatic carbocycles. The van der Waals surface area contributed by atoms with E-state index in [-0.39, 0.29) is 5.54 Å². The maximum absolute atomic E-state index is 11.8. The predicted molar refractivity (Wildman–Crippen MR) is 54.0 cm³/mol. The summed E-state index contributed by atoms with van der Waals surface area (Å²) in [5, 5.41) is 0. The van der Waals surface area contributed by atoms with Crippen LogP contribution in [-0.4, -0.2) is 36.1 Å². The minimum absolute atomic E-state index is 0.0747. The Morgan fingerprint density at radius 2 is 2.14 bits per heavy atom. The minimum Gasteiger partial charge on any atom is -0.377 e. The molecule has 0 radical (unpaired) electrons. The number of amides is 1. The van der Waals surface area contributed by atoms with Gasteiger partial charge in [0.05, 0.1) is 18.8 Å². The van der Waals surface area contributed by atoms with Gasteiger partial charge >= 0.3 is 0 Å². The first-order chi connectivity index (χ1) is 6.78. The summed E-state index contributed by atoms with van der Waals surface area (Å²) in [5.41, 5.74) is 0.0747. The second-order valence-corrected chi connectivity index (χ2v) is 4.38. The first-order valence-corrected chi connectivity index (χ1v) is 5.67. The molecule has 2 aliphatic rings. The van der Waals surface area contributed by atoms with Gasteiger partial charge in [-0.1, -0.05) is 19.8 Å². The van der Waals surface area contributed by atoms with Crippen LogP contribution >= 0.6 is 0 Å². The smallest absolute Gasteiger partial charge is 0.222 e. The van der Waals surface area contributed by atoms with Crippen molar-refractivity contribution in [2.45, 2.75) is 44.6 Å². The fraction of sp³-hybridized carbons (Fsp3) is 0.909. The van der Waals surface area contributed by atoms with Gasteiger partial charge in [0.15, 0.2) is 0 Å². The van der Waals surface area contributed by atoms with Crippen LogP contribution in [-0.2, 0) is 9.53 Å². The molecule has 0 atom stereocenters. The van der Waals surface area contributed by atoms with Gasteiger partial charge in [0.2, 0.25) is 5.91 Å². The monoisotopic (exact) mass is 197 g/mol. The predicted octanol–water partition coefficient (Wildman–Crippen LogP) is 1.57. The lowest BCUT2D eigenvalue weighted by atomic mass is 9.94. The summed E-state index contributed by atoms with van der Waals surface area (Å²) in [6.07, 6.45) is 5.40. The van der Waals surface area contributed by atoms with Gasteiger partial charge in [-0.25, -0.2) is 0 Å². The summed E-state index contributed by atoms with van der Waals surface area (Å²) in [7, 11) is 0. The molecule has 0 unspecified atom stereocenters. The van der Waals surface area contributed by atoms with Gasteiger partial charge in [0.1, 0.15) is 0 Å². The zero-order valence-electron chi connectivity index (χ0n) is 8.92. The highest BCUT2D eigenvalue weighted by molar-refractivity contribution is 5.77. The molecule has 0 bridgehead atoms. The second kappa shape index (κ2) is 3.89. The van der Waals surface area contributed by atoms with E-state index in [9.17, 15) is 4.79 Å². The van der Waals surface area contributed by atoms with Crippen molar-refractivity contribution in [2.75, 3.05) is 19.8 Å². The third-order valence-corrected chi connectivity index (χ3v) is 3.54. The highest BCUT2D eigenvalue weighted by Crippen LogP contribution is 2.37. The van der Waals surface area contributed by atoms with E-state index in [1.807, 2.05) is 6.92 Å². The molecule has 2 fully saturated rings. The molecule has 80 valence electrons. The van der Waals surface area contributed by atoms with Crippen molar-refractivity contribution in [3.05, 3.63) is 0 Å². The molecule has 1 saturated carbocycles. The topological polar surface area (TPSA) is 29.5 Å². The third kappa shape index (κ3) is 1.54. The molecule has 0 aromatic heterocycles. The van der Waals surface area contributed by atoms with Crippen molar-refractivity contribution in [2.24, 2.45) is 0 Å². The number of hydrogen-bond donors (Lipinski definition) is 0. The average molecular weight is 197 g/mol. The van der Waals surface area contributed by atoms with Gasteiger partial charge in [-0.15, -0.1) is 0 Å². The van der Waals surface area contributed by atoms with Crippen LogP contribution in [0.3, 0.4) is 0 Å². The number of carbonyl (C=O) groups is 1. The number of nitrogens with zero attached hydrogens (tertiary/aromatic N) is 1. The zero-order chi connectivity index (χ0) is 10.0. The Hall–Kier alpha value is -0.570. The average Bonchev–Trinajstić information content (AvgIpc) is 2.67. The lowest BCUT2D eigenvalue weighted by Gasteiger charge is -2.44. The van der Waals surface area contributed by atoms with E-state index < -0.39 is 0 Å². The molecule has 1 aliphatic carbocycles. The molecule has 0 N–H and O–H groups in total. The van der Waals surface area contributed by atoms with E-state index >= 15 is 0 Å². The van der Waals surface area contributed by atoms with E-state index in [1.165, 1.54) is 12.8 Å². The maximum Gasteiger partial charge on any atom is 0.222 e. The van der Waals surface area contributed by atoms with Crippen molar-refractivity contribution in [1.29, 1.82) is 0 Å². The Labute approximate surface area is 85.4 Å². The summed E-state index contributed by atoms with van der Waals surface area (Å²) in [6.45, 7) is 4.22. The standard InChI is InChI=1S/C11H19NO2/c1-2-10(13)12-7-8-14-9-11(12)5-3-4-6-11/h2-9H2,1H3. The van der Waals surface area contributed by atoms with Gasteiger partial charge in [0.25, 0.3) is 0 Å². The van der Waals surface area contributed by atoms with Crippen molar-refractivity contribution >= 4 is 5.91 Å². The Morgan fingerprint density at radius 3 is 2.79 bits per heavy atom. The number of morpholine rings is 1.